The number of piperidine rings is 1. The number of carboxylic acid groups (broad SMARTS) is 1. The zero-order valence-corrected chi connectivity index (χ0v) is 13.4. The first-order chi connectivity index (χ1) is 9.99. The summed E-state index contributed by atoms with van der Waals surface area (Å²) in [5.74, 6) is -0.633. The highest BCUT2D eigenvalue weighted by Gasteiger charge is 2.34. The van der Waals surface area contributed by atoms with E-state index in [4.69, 9.17) is 4.74 Å². The molecule has 5 nitrogen and oxygen atoms in total. The first-order valence-electron chi connectivity index (χ1n) is 6.94. The summed E-state index contributed by atoms with van der Waals surface area (Å²) < 4.78 is 6.53. The van der Waals surface area contributed by atoms with Crippen molar-refractivity contribution in [3.63, 3.8) is 0 Å². The van der Waals surface area contributed by atoms with Crippen LogP contribution in [0.3, 0.4) is 0 Å². The second-order valence-electron chi connectivity index (χ2n) is 5.10. The Morgan fingerprint density at radius 2 is 2.00 bits per heavy atom. The molecule has 1 amide bonds. The van der Waals surface area contributed by atoms with Crippen LogP contribution in [0.15, 0.2) is 28.7 Å². The molecule has 2 rings (SSSR count). The van der Waals surface area contributed by atoms with Gasteiger partial charge in [0.1, 0.15) is 11.8 Å². The highest BCUT2D eigenvalue weighted by Crippen LogP contribution is 2.21. The topological polar surface area (TPSA) is 66.8 Å². The van der Waals surface area contributed by atoms with Gasteiger partial charge in [-0.2, -0.15) is 0 Å². The van der Waals surface area contributed by atoms with Crippen molar-refractivity contribution < 1.29 is 19.4 Å². The number of ether oxygens (including phenoxy) is 1. The standard InChI is InChI=1S/C15H18BrNO4/c1-10(21-12-7-5-11(16)6-8-12)14(18)17-9-3-2-4-13(17)15(19)20/h5-8,10,13H,2-4,9H2,1H3,(H,19,20)/t10?,13-/m0/s1. The maximum atomic E-state index is 12.4. The van der Waals surface area contributed by atoms with Crippen molar-refractivity contribution in [1.29, 1.82) is 0 Å². The molecule has 1 aliphatic heterocycles. The van der Waals surface area contributed by atoms with E-state index in [-0.39, 0.29) is 5.91 Å². The average Bonchev–Trinajstić information content (AvgIpc) is 2.48. The van der Waals surface area contributed by atoms with Gasteiger partial charge in [0.05, 0.1) is 0 Å². The number of benzene rings is 1. The first kappa shape index (κ1) is 15.8. The molecule has 1 fully saturated rings. The van der Waals surface area contributed by atoms with E-state index in [0.717, 1.165) is 17.3 Å². The molecular weight excluding hydrogens is 338 g/mol. The van der Waals surface area contributed by atoms with Crippen LogP contribution in [0.2, 0.25) is 0 Å². The van der Waals surface area contributed by atoms with Crippen LogP contribution < -0.4 is 4.74 Å². The van der Waals surface area contributed by atoms with Crippen LogP contribution in [0.25, 0.3) is 0 Å². The number of carboxylic acids is 1. The van der Waals surface area contributed by atoms with E-state index in [1.165, 1.54) is 4.90 Å². The van der Waals surface area contributed by atoms with Gasteiger partial charge in [0.2, 0.25) is 0 Å². The molecule has 0 bridgehead atoms. The summed E-state index contributed by atoms with van der Waals surface area (Å²) in [6, 6.07) is 6.44. The van der Waals surface area contributed by atoms with Crippen LogP contribution in [-0.2, 0) is 9.59 Å². The fourth-order valence-corrected chi connectivity index (χ4v) is 2.72. The Labute approximate surface area is 132 Å². The number of hydrogen-bond acceptors (Lipinski definition) is 3. The lowest BCUT2D eigenvalue weighted by Crippen LogP contribution is -2.52. The molecule has 0 spiro atoms. The molecule has 0 aliphatic carbocycles. The summed E-state index contributed by atoms with van der Waals surface area (Å²) in [7, 11) is 0. The fourth-order valence-electron chi connectivity index (χ4n) is 2.45. The number of halogens is 1. The minimum absolute atomic E-state index is 0.273. The van der Waals surface area contributed by atoms with E-state index < -0.39 is 18.1 Å². The van der Waals surface area contributed by atoms with Gasteiger partial charge in [-0.05, 0) is 50.5 Å². The van der Waals surface area contributed by atoms with E-state index in [2.05, 4.69) is 15.9 Å². The molecule has 1 aromatic rings. The van der Waals surface area contributed by atoms with Gasteiger partial charge in [0.15, 0.2) is 6.10 Å². The van der Waals surface area contributed by atoms with Crippen molar-refractivity contribution in [2.75, 3.05) is 6.54 Å². The minimum atomic E-state index is -0.945. The molecule has 0 saturated carbocycles. The van der Waals surface area contributed by atoms with Crippen LogP contribution in [0.1, 0.15) is 26.2 Å². The molecule has 1 saturated heterocycles. The Morgan fingerprint density at radius 3 is 2.62 bits per heavy atom. The quantitative estimate of drug-likeness (QED) is 0.901. The predicted molar refractivity (Wildman–Crippen MR) is 81.2 cm³/mol. The lowest BCUT2D eigenvalue weighted by Gasteiger charge is -2.34. The third-order valence-electron chi connectivity index (χ3n) is 3.55. The van der Waals surface area contributed by atoms with Crippen LogP contribution >= 0.6 is 15.9 Å². The normalized spacial score (nSPS) is 19.9. The SMILES string of the molecule is CC(Oc1ccc(Br)cc1)C(=O)N1CCCC[C@H]1C(=O)O. The highest BCUT2D eigenvalue weighted by atomic mass is 79.9. The Morgan fingerprint density at radius 1 is 1.33 bits per heavy atom. The molecule has 2 atom stereocenters. The summed E-state index contributed by atoms with van der Waals surface area (Å²) in [4.78, 5) is 25.1. The van der Waals surface area contributed by atoms with Gasteiger partial charge in [-0.15, -0.1) is 0 Å². The van der Waals surface area contributed by atoms with E-state index in [9.17, 15) is 14.7 Å². The third-order valence-corrected chi connectivity index (χ3v) is 4.07. The van der Waals surface area contributed by atoms with E-state index in [0.29, 0.717) is 18.7 Å². The van der Waals surface area contributed by atoms with Gasteiger partial charge in [0.25, 0.3) is 5.91 Å². The van der Waals surface area contributed by atoms with Crippen molar-refractivity contribution in [3.8, 4) is 5.75 Å². The van der Waals surface area contributed by atoms with Gasteiger partial charge >= 0.3 is 5.97 Å². The van der Waals surface area contributed by atoms with E-state index in [1.807, 2.05) is 12.1 Å². The Balaban J connectivity index is 2.03. The first-order valence-corrected chi connectivity index (χ1v) is 7.74. The number of nitrogens with zero attached hydrogens (tertiary/aromatic N) is 1. The number of likely N-dealkylation sites (tertiary alicyclic amines) is 1. The average molecular weight is 356 g/mol. The zero-order valence-electron chi connectivity index (χ0n) is 11.8. The van der Waals surface area contributed by atoms with Gasteiger partial charge in [0, 0.05) is 11.0 Å². The smallest absolute Gasteiger partial charge is 0.326 e. The molecule has 1 unspecified atom stereocenters. The fraction of sp³-hybridized carbons (Fsp3) is 0.467. The number of hydrogen-bond donors (Lipinski definition) is 1. The zero-order chi connectivity index (χ0) is 15.4. The van der Waals surface area contributed by atoms with Crippen molar-refractivity contribution >= 4 is 27.8 Å². The van der Waals surface area contributed by atoms with Crippen LogP contribution in [0, 0.1) is 0 Å². The summed E-state index contributed by atoms with van der Waals surface area (Å²) in [5.41, 5.74) is 0. The largest absolute Gasteiger partial charge is 0.481 e. The minimum Gasteiger partial charge on any atom is -0.481 e. The maximum absolute atomic E-state index is 12.4. The molecule has 114 valence electrons. The van der Waals surface area contributed by atoms with Crippen LogP contribution in [-0.4, -0.2) is 40.6 Å². The number of aliphatic carboxylic acids is 1. The monoisotopic (exact) mass is 355 g/mol. The Bertz CT molecular complexity index is 517. The second-order valence-corrected chi connectivity index (χ2v) is 6.01. The molecule has 1 heterocycles. The molecule has 0 aromatic heterocycles. The van der Waals surface area contributed by atoms with Gasteiger partial charge in [-0.25, -0.2) is 4.79 Å². The van der Waals surface area contributed by atoms with Crippen LogP contribution in [0.4, 0.5) is 0 Å². The summed E-state index contributed by atoms with van der Waals surface area (Å²) in [6.07, 6.45) is 1.47. The van der Waals surface area contributed by atoms with Gasteiger partial charge in [-0.3, -0.25) is 4.79 Å². The second kappa shape index (κ2) is 6.93. The van der Waals surface area contributed by atoms with Crippen molar-refractivity contribution in [1.82, 2.24) is 4.90 Å². The van der Waals surface area contributed by atoms with Gasteiger partial charge in [-0.1, -0.05) is 15.9 Å². The van der Waals surface area contributed by atoms with E-state index >= 15 is 0 Å². The van der Waals surface area contributed by atoms with E-state index in [1.54, 1.807) is 19.1 Å². The molecule has 1 aliphatic rings. The number of carbonyl (C=O) groups is 2. The highest BCUT2D eigenvalue weighted by molar-refractivity contribution is 9.10. The summed E-state index contributed by atoms with van der Waals surface area (Å²) in [5, 5.41) is 9.22. The maximum Gasteiger partial charge on any atom is 0.326 e. The molecular formula is C15H18BrNO4. The third kappa shape index (κ3) is 3.97. The lowest BCUT2D eigenvalue weighted by molar-refractivity contribution is -0.155. The lowest BCUT2D eigenvalue weighted by atomic mass is 10.0. The molecule has 0 radical (unpaired) electrons. The molecule has 21 heavy (non-hydrogen) atoms. The van der Waals surface area contributed by atoms with Crippen molar-refractivity contribution in [2.45, 2.75) is 38.3 Å². The van der Waals surface area contributed by atoms with Crippen molar-refractivity contribution in [2.24, 2.45) is 0 Å². The Hall–Kier alpha value is -1.56. The summed E-state index contributed by atoms with van der Waals surface area (Å²) in [6.45, 7) is 2.13. The number of rotatable bonds is 4. The molecule has 1 N–H and O–H groups in total. The predicted octanol–water partition coefficient (Wildman–Crippen LogP) is 2.68. The number of carbonyl (C=O) groups excluding carboxylic acids is 1. The van der Waals surface area contributed by atoms with Crippen molar-refractivity contribution in [3.05, 3.63) is 28.7 Å². The summed E-state index contributed by atoms with van der Waals surface area (Å²) >= 11 is 3.33. The molecule has 1 aromatic carbocycles. The number of amides is 1. The van der Waals surface area contributed by atoms with Crippen LogP contribution in [0.5, 0.6) is 5.75 Å². The molecule has 6 heteroatoms. The Kier molecular flexibility index (Phi) is 5.22. The van der Waals surface area contributed by atoms with Gasteiger partial charge < -0.3 is 14.7 Å².